The predicted octanol–water partition coefficient (Wildman–Crippen LogP) is 5.15. The number of ether oxygens (including phenoxy) is 2. The van der Waals surface area contributed by atoms with E-state index < -0.39 is 26.0 Å². The van der Waals surface area contributed by atoms with Gasteiger partial charge in [-0.15, -0.1) is 0 Å². The normalized spacial score (nSPS) is 41.6. The highest BCUT2D eigenvalue weighted by Gasteiger charge is 2.52. The number of carbonyl (C=O) groups excluding carboxylic acids is 1. The van der Waals surface area contributed by atoms with Crippen molar-refractivity contribution >= 4 is 25.7 Å². The van der Waals surface area contributed by atoms with Crippen molar-refractivity contribution in [3.63, 3.8) is 0 Å². The second-order valence-electron chi connectivity index (χ2n) is 11.3. The van der Waals surface area contributed by atoms with Crippen molar-refractivity contribution in [3.05, 3.63) is 11.0 Å². The third kappa shape index (κ3) is 4.96. The zero-order valence-corrected chi connectivity index (χ0v) is 21.9. The first kappa shape index (κ1) is 25.0. The van der Waals surface area contributed by atoms with Crippen molar-refractivity contribution in [2.24, 2.45) is 17.8 Å². The number of hydrogen-bond donors (Lipinski definition) is 0. The van der Waals surface area contributed by atoms with Crippen LogP contribution < -0.4 is 0 Å². The van der Waals surface area contributed by atoms with Crippen LogP contribution in [0.4, 0.5) is 0 Å². The molecule has 0 aromatic rings. The largest absolute Gasteiger partial charge is 0.465 e. The summed E-state index contributed by atoms with van der Waals surface area (Å²) in [5.74, 6) is 1.47. The van der Waals surface area contributed by atoms with E-state index in [0.717, 1.165) is 43.5 Å². The van der Waals surface area contributed by atoms with Crippen LogP contribution in [0.2, 0.25) is 0 Å². The van der Waals surface area contributed by atoms with Crippen LogP contribution in [-0.4, -0.2) is 56.7 Å². The number of nitrogens with zero attached hydrogens (tertiary/aromatic N) is 1. The Balaban J connectivity index is 1.20. The van der Waals surface area contributed by atoms with Gasteiger partial charge in [0, 0.05) is 28.8 Å². The average molecular weight is 514 g/mol. The minimum atomic E-state index is -4.17. The third-order valence-electron chi connectivity index (χ3n) is 9.64. The monoisotopic (exact) mass is 513 g/mol. The Bertz CT molecular complexity index is 862. The maximum atomic E-state index is 11.9. The molecule has 2 aliphatic heterocycles. The van der Waals surface area contributed by atoms with Gasteiger partial charge in [0.2, 0.25) is 0 Å². The lowest BCUT2D eigenvalue weighted by Gasteiger charge is -2.44. The van der Waals surface area contributed by atoms with Gasteiger partial charge in [-0.1, -0.05) is 25.7 Å². The van der Waals surface area contributed by atoms with Crippen LogP contribution in [0, 0.1) is 17.8 Å². The summed E-state index contributed by atoms with van der Waals surface area (Å²) in [6.07, 6.45) is 18.9. The highest BCUT2D eigenvalue weighted by molar-refractivity contribution is 8.17. The summed E-state index contributed by atoms with van der Waals surface area (Å²) in [5.41, 5.74) is 0. The molecule has 3 saturated carbocycles. The third-order valence-corrected chi connectivity index (χ3v) is 11.0. The first-order valence-corrected chi connectivity index (χ1v) is 15.9. The van der Waals surface area contributed by atoms with Crippen LogP contribution in [0.25, 0.3) is 0 Å². The second-order valence-corrected chi connectivity index (χ2v) is 13.8. The maximum absolute atomic E-state index is 11.9. The molecular weight excluding hydrogens is 474 g/mol. The highest BCUT2D eigenvalue weighted by atomic mass is 35.7. The Hall–Kier alpha value is -0.630. The van der Waals surface area contributed by atoms with Gasteiger partial charge in [0.05, 0.1) is 19.3 Å². The standard InChI is InChI=1S/C26H40ClNO5S/c1-32-26(29)25(34(27,30)31)16-19-14-15-24(33-19)17-10-12-18(13-11-17)28-22-8-4-2-6-20(22)21-7-3-5-9-23(21)28/h16-24H,2-15H2,1H3/b25-16+. The van der Waals surface area contributed by atoms with Crippen LogP contribution in [0.3, 0.4) is 0 Å². The highest BCUT2D eigenvalue weighted by Crippen LogP contribution is 2.51. The van der Waals surface area contributed by atoms with Crippen molar-refractivity contribution in [2.45, 2.75) is 120 Å². The summed E-state index contributed by atoms with van der Waals surface area (Å²) in [6.45, 7) is 0. The molecule has 0 aromatic carbocycles. The van der Waals surface area contributed by atoms with Crippen LogP contribution >= 0.6 is 10.7 Å². The molecule has 8 heteroatoms. The first-order chi connectivity index (χ1) is 16.4. The van der Waals surface area contributed by atoms with Crippen LogP contribution in [0.5, 0.6) is 0 Å². The number of rotatable bonds is 5. The quantitative estimate of drug-likeness (QED) is 0.287. The molecule has 6 unspecified atom stereocenters. The van der Waals surface area contributed by atoms with Crippen LogP contribution in [-0.2, 0) is 23.3 Å². The topological polar surface area (TPSA) is 72.9 Å². The fourth-order valence-electron chi connectivity index (χ4n) is 8.26. The number of fused-ring (bicyclic) bond motifs is 3. The van der Waals surface area contributed by atoms with Gasteiger partial charge in [-0.25, -0.2) is 13.2 Å². The number of likely N-dealkylation sites (tertiary alicyclic amines) is 1. The molecule has 6 atom stereocenters. The number of methoxy groups -OCH3 is 1. The lowest BCUT2D eigenvalue weighted by molar-refractivity contribution is -0.135. The molecule has 2 heterocycles. The summed E-state index contributed by atoms with van der Waals surface area (Å²) in [6, 6.07) is 2.38. The summed E-state index contributed by atoms with van der Waals surface area (Å²) in [4.78, 5) is 14.4. The van der Waals surface area contributed by atoms with Crippen LogP contribution in [0.1, 0.15) is 89.9 Å². The van der Waals surface area contributed by atoms with Crippen molar-refractivity contribution in [1.29, 1.82) is 0 Å². The Morgan fingerprint density at radius 3 is 2.03 bits per heavy atom. The molecule has 6 nitrogen and oxygen atoms in total. The molecule has 0 spiro atoms. The van der Waals surface area contributed by atoms with Crippen molar-refractivity contribution < 1.29 is 22.7 Å². The smallest absolute Gasteiger partial charge is 0.350 e. The molecule has 5 aliphatic rings. The van der Waals surface area contributed by atoms with E-state index in [-0.39, 0.29) is 6.10 Å². The fourth-order valence-corrected chi connectivity index (χ4v) is 9.20. The van der Waals surface area contributed by atoms with Gasteiger partial charge in [0.25, 0.3) is 9.05 Å². The molecule has 5 fully saturated rings. The van der Waals surface area contributed by atoms with Gasteiger partial charge in [-0.05, 0) is 88.0 Å². The molecule has 0 bridgehead atoms. The van der Waals surface area contributed by atoms with Gasteiger partial charge >= 0.3 is 5.97 Å². The van der Waals surface area contributed by atoms with Gasteiger partial charge in [0.15, 0.2) is 4.91 Å². The Morgan fingerprint density at radius 2 is 1.47 bits per heavy atom. The zero-order valence-electron chi connectivity index (χ0n) is 20.4. The van der Waals surface area contributed by atoms with E-state index in [0.29, 0.717) is 12.3 Å². The molecule has 2 saturated heterocycles. The van der Waals surface area contributed by atoms with E-state index in [9.17, 15) is 13.2 Å². The minimum absolute atomic E-state index is 0.127. The maximum Gasteiger partial charge on any atom is 0.350 e. The lowest BCUT2D eigenvalue weighted by atomic mass is 9.73. The number of esters is 1. The lowest BCUT2D eigenvalue weighted by Crippen LogP contribution is -2.48. The Morgan fingerprint density at radius 1 is 0.882 bits per heavy atom. The molecule has 0 amide bonds. The van der Waals surface area contributed by atoms with Crippen molar-refractivity contribution in [1.82, 2.24) is 4.90 Å². The Labute approximate surface area is 209 Å². The molecule has 34 heavy (non-hydrogen) atoms. The van der Waals surface area contributed by atoms with Gasteiger partial charge < -0.3 is 9.47 Å². The molecule has 0 radical (unpaired) electrons. The van der Waals surface area contributed by atoms with Crippen molar-refractivity contribution in [3.8, 4) is 0 Å². The van der Waals surface area contributed by atoms with Gasteiger partial charge in [-0.2, -0.15) is 0 Å². The van der Waals surface area contributed by atoms with E-state index in [1.807, 2.05) is 0 Å². The molecule has 0 N–H and O–H groups in total. The number of hydrogen-bond acceptors (Lipinski definition) is 6. The summed E-state index contributed by atoms with van der Waals surface area (Å²) < 4.78 is 34.4. The fraction of sp³-hybridized carbons (Fsp3) is 0.885. The average Bonchev–Trinajstić information content (AvgIpc) is 3.44. The molecular formula is C26H40ClNO5S. The molecule has 5 rings (SSSR count). The zero-order chi connectivity index (χ0) is 23.9. The summed E-state index contributed by atoms with van der Waals surface area (Å²) in [7, 11) is 2.44. The predicted molar refractivity (Wildman–Crippen MR) is 132 cm³/mol. The number of carbonyl (C=O) groups is 1. The van der Waals surface area contributed by atoms with E-state index in [4.69, 9.17) is 15.4 Å². The van der Waals surface area contributed by atoms with E-state index in [1.165, 1.54) is 83.1 Å². The SMILES string of the molecule is COC(=O)/C(=C\C1CCC(C2CCC(N3C4CCCCC4C4CCCCC43)CC2)O1)S(=O)(=O)Cl. The van der Waals surface area contributed by atoms with E-state index >= 15 is 0 Å². The van der Waals surface area contributed by atoms with Gasteiger partial charge in [0.1, 0.15) is 0 Å². The summed E-state index contributed by atoms with van der Waals surface area (Å²) >= 11 is 0. The van der Waals surface area contributed by atoms with Gasteiger partial charge in [-0.3, -0.25) is 4.90 Å². The van der Waals surface area contributed by atoms with Crippen LogP contribution in [0.15, 0.2) is 11.0 Å². The number of halogens is 1. The van der Waals surface area contributed by atoms with E-state index in [2.05, 4.69) is 9.64 Å². The second kappa shape index (κ2) is 10.4. The first-order valence-electron chi connectivity index (χ1n) is 13.5. The minimum Gasteiger partial charge on any atom is -0.465 e. The summed E-state index contributed by atoms with van der Waals surface area (Å²) in [5, 5.41) is 0. The Kier molecular flexibility index (Phi) is 7.65. The molecule has 3 aliphatic carbocycles. The molecule has 192 valence electrons. The molecule has 0 aromatic heterocycles. The van der Waals surface area contributed by atoms with E-state index in [1.54, 1.807) is 0 Å². The van der Waals surface area contributed by atoms with Crippen molar-refractivity contribution in [2.75, 3.05) is 7.11 Å².